The van der Waals surface area contributed by atoms with E-state index in [1.807, 2.05) is 13.8 Å². The van der Waals surface area contributed by atoms with E-state index >= 15 is 0 Å². The number of barbiturate groups is 1. The third-order valence-electron chi connectivity index (χ3n) is 1.62. The molecule has 74 valence electrons. The van der Waals surface area contributed by atoms with Gasteiger partial charge in [0, 0.05) is 14.1 Å². The van der Waals surface area contributed by atoms with Crippen LogP contribution in [0.25, 0.3) is 0 Å². The molecule has 1 aliphatic heterocycles. The average Bonchev–Trinajstić information content (AvgIpc) is 2.15. The summed E-state index contributed by atoms with van der Waals surface area (Å²) in [4.78, 5) is 34.5. The first-order chi connectivity index (χ1) is 6.04. The van der Waals surface area contributed by atoms with Crippen molar-refractivity contribution in [1.82, 2.24) is 9.80 Å². The van der Waals surface area contributed by atoms with E-state index in [0.717, 1.165) is 9.80 Å². The van der Waals surface area contributed by atoms with Gasteiger partial charge >= 0.3 is 6.03 Å². The lowest BCUT2D eigenvalue weighted by atomic mass is 10.3. The molecule has 0 aromatic heterocycles. The molecule has 0 aromatic carbocycles. The summed E-state index contributed by atoms with van der Waals surface area (Å²) in [5, 5.41) is 0. The number of imide groups is 2. The van der Waals surface area contributed by atoms with Gasteiger partial charge in [-0.05, 0) is 0 Å². The molecule has 5 heteroatoms. The van der Waals surface area contributed by atoms with Crippen molar-refractivity contribution in [1.29, 1.82) is 0 Å². The molecule has 0 bridgehead atoms. The zero-order chi connectivity index (χ0) is 10.6. The summed E-state index contributed by atoms with van der Waals surface area (Å²) in [5.74, 6) is -0.892. The number of hydrogen-bond acceptors (Lipinski definition) is 3. The maximum atomic E-state index is 11.0. The van der Waals surface area contributed by atoms with Gasteiger partial charge in [0.05, 0.1) is 0 Å². The van der Waals surface area contributed by atoms with Crippen LogP contribution in [0.2, 0.25) is 0 Å². The van der Waals surface area contributed by atoms with Gasteiger partial charge in [-0.2, -0.15) is 0 Å². The third-order valence-corrected chi connectivity index (χ3v) is 1.62. The average molecular weight is 186 g/mol. The Labute approximate surface area is 77.3 Å². The highest BCUT2D eigenvalue weighted by atomic mass is 16.2. The van der Waals surface area contributed by atoms with Crippen LogP contribution in [0.3, 0.4) is 0 Å². The lowest BCUT2D eigenvalue weighted by Gasteiger charge is -2.26. The smallest absolute Gasteiger partial charge is 0.274 e. The number of amides is 4. The fraction of sp³-hybridized carbons (Fsp3) is 0.625. The van der Waals surface area contributed by atoms with Crippen LogP contribution >= 0.6 is 0 Å². The van der Waals surface area contributed by atoms with Crippen LogP contribution in [0, 0.1) is 0 Å². The topological polar surface area (TPSA) is 57.7 Å². The highest BCUT2D eigenvalue weighted by Crippen LogP contribution is 2.06. The minimum Gasteiger partial charge on any atom is -0.274 e. The molecule has 1 heterocycles. The molecular weight excluding hydrogens is 172 g/mol. The molecule has 0 atom stereocenters. The van der Waals surface area contributed by atoms with Crippen molar-refractivity contribution in [2.45, 2.75) is 20.3 Å². The largest absolute Gasteiger partial charge is 0.332 e. The first-order valence-electron chi connectivity index (χ1n) is 4.11. The van der Waals surface area contributed by atoms with Crippen LogP contribution in [0.1, 0.15) is 20.3 Å². The van der Waals surface area contributed by atoms with Gasteiger partial charge in [-0.1, -0.05) is 13.8 Å². The highest BCUT2D eigenvalue weighted by molar-refractivity contribution is 6.13. The summed E-state index contributed by atoms with van der Waals surface area (Å²) in [7, 11) is 2.71. The molecule has 0 unspecified atom stereocenters. The molecule has 0 aliphatic carbocycles. The van der Waals surface area contributed by atoms with Gasteiger partial charge in [0.2, 0.25) is 11.8 Å². The number of rotatable bonds is 0. The Morgan fingerprint density at radius 2 is 1.23 bits per heavy atom. The molecule has 1 rings (SSSR count). The van der Waals surface area contributed by atoms with Crippen LogP contribution in [0.5, 0.6) is 0 Å². The lowest BCUT2D eigenvalue weighted by Crippen LogP contribution is -2.51. The Kier molecular flexibility index (Phi) is 4.10. The standard InChI is InChI=1S/C6H8N2O3.C2H6/c1-7-4(9)3-5(10)8(2)6(7)11;1-2/h3H2,1-2H3;1-2H3. The second-order valence-corrected chi connectivity index (χ2v) is 2.36. The summed E-state index contributed by atoms with van der Waals surface area (Å²) >= 11 is 0. The normalized spacial score (nSPS) is 17.1. The molecule has 1 aliphatic rings. The summed E-state index contributed by atoms with van der Waals surface area (Å²) in [6.45, 7) is 4.00. The number of hydrogen-bond donors (Lipinski definition) is 0. The van der Waals surface area contributed by atoms with Gasteiger partial charge in [-0.25, -0.2) is 4.79 Å². The fourth-order valence-electron chi connectivity index (χ4n) is 0.805. The monoisotopic (exact) mass is 186 g/mol. The number of nitrogens with zero attached hydrogens (tertiary/aromatic N) is 2. The second-order valence-electron chi connectivity index (χ2n) is 2.36. The molecule has 0 radical (unpaired) electrons. The minimum absolute atomic E-state index is 0.210. The van der Waals surface area contributed by atoms with E-state index in [0.29, 0.717) is 0 Å². The number of urea groups is 1. The van der Waals surface area contributed by atoms with E-state index in [-0.39, 0.29) is 6.42 Å². The van der Waals surface area contributed by atoms with Gasteiger partial charge in [-0.15, -0.1) is 0 Å². The maximum Gasteiger partial charge on any atom is 0.332 e. The molecule has 13 heavy (non-hydrogen) atoms. The zero-order valence-electron chi connectivity index (χ0n) is 8.33. The van der Waals surface area contributed by atoms with Gasteiger partial charge in [0.25, 0.3) is 0 Å². The van der Waals surface area contributed by atoms with Crippen LogP contribution in [-0.2, 0) is 9.59 Å². The first-order valence-corrected chi connectivity index (χ1v) is 4.11. The third kappa shape index (κ3) is 2.27. The summed E-state index contributed by atoms with van der Waals surface area (Å²) < 4.78 is 0. The highest BCUT2D eigenvalue weighted by Gasteiger charge is 2.32. The molecule has 1 saturated heterocycles. The van der Waals surface area contributed by atoms with E-state index in [1.54, 1.807) is 0 Å². The summed E-state index contributed by atoms with van der Waals surface area (Å²) in [5.41, 5.74) is 0. The second kappa shape index (κ2) is 4.59. The number of carbonyl (C=O) groups excluding carboxylic acids is 3. The Morgan fingerprint density at radius 3 is 1.54 bits per heavy atom. The van der Waals surface area contributed by atoms with Crippen LogP contribution in [0.4, 0.5) is 4.79 Å². The van der Waals surface area contributed by atoms with Crippen LogP contribution in [-0.4, -0.2) is 41.7 Å². The van der Waals surface area contributed by atoms with Gasteiger partial charge in [-0.3, -0.25) is 19.4 Å². The van der Waals surface area contributed by atoms with E-state index < -0.39 is 17.8 Å². The first kappa shape index (κ1) is 11.6. The van der Waals surface area contributed by atoms with Gasteiger partial charge in [0.1, 0.15) is 6.42 Å². The summed E-state index contributed by atoms with van der Waals surface area (Å²) in [6.07, 6.45) is -0.210. The Morgan fingerprint density at radius 1 is 0.923 bits per heavy atom. The van der Waals surface area contributed by atoms with Gasteiger partial charge in [0.15, 0.2) is 0 Å². The molecular formula is C8H14N2O3. The Balaban J connectivity index is 0.000000671. The zero-order valence-corrected chi connectivity index (χ0v) is 8.33. The number of carbonyl (C=O) groups is 3. The molecule has 0 spiro atoms. The van der Waals surface area contributed by atoms with E-state index in [2.05, 4.69) is 0 Å². The maximum absolute atomic E-state index is 11.0. The van der Waals surface area contributed by atoms with E-state index in [4.69, 9.17) is 0 Å². The van der Waals surface area contributed by atoms with Crippen molar-refractivity contribution in [2.75, 3.05) is 14.1 Å². The van der Waals surface area contributed by atoms with Crippen molar-refractivity contribution in [2.24, 2.45) is 0 Å². The van der Waals surface area contributed by atoms with E-state index in [9.17, 15) is 14.4 Å². The fourth-order valence-corrected chi connectivity index (χ4v) is 0.805. The predicted octanol–water partition coefficient (Wildman–Crippen LogP) is 0.453. The molecule has 1 fully saturated rings. The van der Waals surface area contributed by atoms with Crippen molar-refractivity contribution in [3.8, 4) is 0 Å². The van der Waals surface area contributed by atoms with Crippen molar-refractivity contribution >= 4 is 17.8 Å². The van der Waals surface area contributed by atoms with Gasteiger partial charge < -0.3 is 0 Å². The van der Waals surface area contributed by atoms with Crippen molar-refractivity contribution in [3.63, 3.8) is 0 Å². The molecule has 0 aromatic rings. The van der Waals surface area contributed by atoms with Crippen molar-refractivity contribution < 1.29 is 14.4 Å². The van der Waals surface area contributed by atoms with Crippen molar-refractivity contribution in [3.05, 3.63) is 0 Å². The summed E-state index contributed by atoms with van der Waals surface area (Å²) in [6, 6.07) is -0.564. The van der Waals surface area contributed by atoms with E-state index in [1.165, 1.54) is 14.1 Å². The molecule has 4 amide bonds. The predicted molar refractivity (Wildman–Crippen MR) is 46.9 cm³/mol. The Bertz CT molecular complexity index is 216. The molecule has 5 nitrogen and oxygen atoms in total. The lowest BCUT2D eigenvalue weighted by molar-refractivity contribution is -0.140. The molecule has 0 N–H and O–H groups in total. The quantitative estimate of drug-likeness (QED) is 0.516. The minimum atomic E-state index is -0.564. The molecule has 0 saturated carbocycles. The van der Waals surface area contributed by atoms with Crippen LogP contribution in [0.15, 0.2) is 0 Å². The SMILES string of the molecule is CC.CN1C(=O)CC(=O)N(C)C1=O. The Hall–Kier alpha value is -1.39. The van der Waals surface area contributed by atoms with Crippen LogP contribution < -0.4 is 0 Å².